The Hall–Kier alpha value is -11.5. The molecule has 0 amide bonds. The molecule has 2 aromatic heterocycles. The Morgan fingerprint density at radius 1 is 0.250 bits per heavy atom. The van der Waals surface area contributed by atoms with Gasteiger partial charge in [-0.2, -0.15) is 0 Å². The molecule has 0 N–H and O–H groups in total. The first kappa shape index (κ1) is 80.0. The molecule has 5 aliphatic rings. The lowest BCUT2D eigenvalue weighted by Crippen LogP contribution is -2.37. The molecule has 0 fully saturated rings. The molecule has 580 valence electrons. The van der Waals surface area contributed by atoms with Gasteiger partial charge >= 0.3 is 0 Å². The minimum Gasteiger partial charge on any atom is -0.454 e. The molecule has 12 nitrogen and oxygen atoms in total. The maximum absolute atomic E-state index is 6.40. The molecule has 112 heavy (non-hydrogen) atoms. The Labute approximate surface area is 668 Å². The molecule has 12 aromatic rings. The van der Waals surface area contributed by atoms with Gasteiger partial charge in [0, 0.05) is 132 Å². The van der Waals surface area contributed by atoms with Gasteiger partial charge in [0.15, 0.2) is 11.2 Å². The molecular formula is C100H118N10O2. The van der Waals surface area contributed by atoms with E-state index in [-0.39, 0.29) is 19.8 Å². The van der Waals surface area contributed by atoms with E-state index >= 15 is 0 Å². The Balaban J connectivity index is 0.000000133. The second kappa shape index (κ2) is 34.4. The monoisotopic (exact) mass is 1490 g/mol. The molecule has 0 radical (unpaired) electrons. The molecule has 7 heterocycles. The van der Waals surface area contributed by atoms with Crippen molar-refractivity contribution in [3.63, 3.8) is 0 Å². The van der Waals surface area contributed by atoms with Gasteiger partial charge < -0.3 is 57.8 Å². The summed E-state index contributed by atoms with van der Waals surface area (Å²) < 4.78 is 12.6. The van der Waals surface area contributed by atoms with E-state index in [0.29, 0.717) is 42.2 Å². The van der Waals surface area contributed by atoms with Gasteiger partial charge in [0.25, 0.3) is 0 Å². The van der Waals surface area contributed by atoms with E-state index in [1.54, 1.807) is 0 Å². The zero-order valence-corrected chi connectivity index (χ0v) is 69.0. The van der Waals surface area contributed by atoms with Crippen LogP contribution in [0.1, 0.15) is 171 Å². The van der Waals surface area contributed by atoms with Gasteiger partial charge in [0.05, 0.1) is 11.4 Å². The number of rotatable bonds is 12. The number of para-hydroxylation sites is 8. The highest BCUT2D eigenvalue weighted by Gasteiger charge is 2.34. The number of hydrogen-bond acceptors (Lipinski definition) is 12. The first-order valence-corrected chi connectivity index (χ1v) is 39.8. The van der Waals surface area contributed by atoms with Crippen LogP contribution in [0.5, 0.6) is 0 Å². The predicted octanol–water partition coefficient (Wildman–Crippen LogP) is 26.5. The molecule has 5 atom stereocenters. The lowest BCUT2D eigenvalue weighted by atomic mass is 9.92. The Morgan fingerprint density at radius 2 is 0.536 bits per heavy atom. The fourth-order valence-electron chi connectivity index (χ4n) is 16.2. The van der Waals surface area contributed by atoms with Crippen LogP contribution in [-0.4, -0.2) is 54.7 Å². The summed E-state index contributed by atoms with van der Waals surface area (Å²) in [7, 11) is 4.19. The summed E-state index contributed by atoms with van der Waals surface area (Å²) in [5, 5.41) is 4.70. The van der Waals surface area contributed by atoms with Crippen molar-refractivity contribution in [3.8, 4) is 0 Å². The zero-order chi connectivity index (χ0) is 78.6. The first-order valence-electron chi connectivity index (χ1n) is 39.8. The maximum Gasteiger partial charge on any atom is 0.159 e. The number of aryl methyl sites for hydroxylation is 5. The standard InChI is InChI=1S/C29H32N2O.C23H30N2.C18H18N2O.C17H18N2.C12H16N2.CH4/c1-18(2)22-11-9-12-23(19(3)4)28(22)31-17-16-30(21(31)6)27-20(5)14-15-25-24-10-7-8-13-26(24)32-29(25)27;1-16(2)20-11-9-12-21(17(3)4)23(20)25-15-14-24(19(25)6)22-13-8-7-10-18(22)5;1-12-8-9-15-14-6-4-5-7-16(14)21-18(15)17(12)20-11-10-19(3)13(20)2;1-14-8-6-7-11-17(14)19-13-12-18(15(19)2)16-9-4-3-5-10-16;1-10-6-4-5-7-12(10)14-9-8-13(3)11(14)2;/h7-19,21H,1-6H3;7-17,19H,1-6H3;4-11,13H,1-3H3;3-13,15H,1-2H3;4-9,11H,1-3H3;1H4/t21-;19-;13-;15-;11-;/m11000./s1. The quantitative estimate of drug-likeness (QED) is 0.117. The summed E-state index contributed by atoms with van der Waals surface area (Å²) in [6, 6.07) is 74.9. The van der Waals surface area contributed by atoms with Crippen LogP contribution in [0.25, 0.3) is 43.9 Å². The van der Waals surface area contributed by atoms with Gasteiger partial charge in [-0.3, -0.25) is 0 Å². The summed E-state index contributed by atoms with van der Waals surface area (Å²) in [6.45, 7) is 40.2. The van der Waals surface area contributed by atoms with Crippen LogP contribution in [-0.2, 0) is 0 Å². The Bertz CT molecular complexity index is 5350. The van der Waals surface area contributed by atoms with Crippen LogP contribution in [0.4, 0.5) is 45.5 Å². The van der Waals surface area contributed by atoms with E-state index in [1.165, 1.54) is 106 Å². The summed E-state index contributed by atoms with van der Waals surface area (Å²) in [4.78, 5) is 23.2. The van der Waals surface area contributed by atoms with Gasteiger partial charge in [0.1, 0.15) is 42.0 Å². The molecule has 12 heteroatoms. The maximum atomic E-state index is 6.40. The van der Waals surface area contributed by atoms with E-state index in [9.17, 15) is 0 Å². The van der Waals surface area contributed by atoms with Crippen molar-refractivity contribution in [3.05, 3.63) is 324 Å². The Morgan fingerprint density at radius 3 is 0.902 bits per heavy atom. The highest BCUT2D eigenvalue weighted by Crippen LogP contribution is 2.46. The fourth-order valence-corrected chi connectivity index (χ4v) is 16.2. The number of nitrogens with zero attached hydrogens (tertiary/aromatic N) is 10. The van der Waals surface area contributed by atoms with E-state index in [1.807, 2.05) is 24.3 Å². The highest BCUT2D eigenvalue weighted by atomic mass is 16.3. The minimum atomic E-state index is 0. The van der Waals surface area contributed by atoms with Crippen molar-refractivity contribution >= 4 is 89.4 Å². The van der Waals surface area contributed by atoms with Crippen LogP contribution >= 0.6 is 0 Å². The molecule has 5 aliphatic heterocycles. The smallest absolute Gasteiger partial charge is 0.159 e. The zero-order valence-electron chi connectivity index (χ0n) is 69.0. The molecular weight excluding hydrogens is 1370 g/mol. The Kier molecular flexibility index (Phi) is 24.6. The predicted molar refractivity (Wildman–Crippen MR) is 481 cm³/mol. The number of hydrogen-bond donors (Lipinski definition) is 0. The first-order chi connectivity index (χ1) is 53.4. The molecule has 0 aliphatic carbocycles. The number of fused-ring (bicyclic) bond motifs is 6. The van der Waals surface area contributed by atoms with Crippen molar-refractivity contribution in [2.24, 2.45) is 0 Å². The SMILES string of the molecule is C.Cc1ccc2c(oc3ccccc32)c1N1C=CN(C)[C@@H]1C.Cc1ccc2c(oc3ccccc32)c1N1C=CN(c2c(C(C)C)cccc2C(C)C)[C@@H]1C.Cc1ccccc1N1C=CN(C)[C@@H]1C.Cc1ccccc1N1C=CN(c2c(C(C)C)cccc2C(C)C)[C@@H]1C.Cc1ccccc1N1C=CN(c2ccccc2)[C@@H]1C. The van der Waals surface area contributed by atoms with Crippen molar-refractivity contribution in [1.29, 1.82) is 0 Å². The van der Waals surface area contributed by atoms with Gasteiger partial charge in [-0.05, 0) is 185 Å². The van der Waals surface area contributed by atoms with Crippen molar-refractivity contribution < 1.29 is 8.83 Å². The van der Waals surface area contributed by atoms with Crippen LogP contribution in [0, 0.1) is 34.6 Å². The van der Waals surface area contributed by atoms with Crippen LogP contribution in [0.2, 0.25) is 0 Å². The largest absolute Gasteiger partial charge is 0.454 e. The average molecular weight is 1490 g/mol. The number of furan rings is 2. The van der Waals surface area contributed by atoms with Gasteiger partial charge in [-0.1, -0.05) is 233 Å². The van der Waals surface area contributed by atoms with Crippen molar-refractivity contribution in [2.75, 3.05) is 53.3 Å². The van der Waals surface area contributed by atoms with Gasteiger partial charge in [-0.15, -0.1) is 0 Å². The molecule has 17 rings (SSSR count). The molecule has 0 unspecified atom stereocenters. The van der Waals surface area contributed by atoms with Gasteiger partial charge in [-0.25, -0.2) is 0 Å². The summed E-state index contributed by atoms with van der Waals surface area (Å²) in [6.07, 6.45) is 23.1. The third-order valence-electron chi connectivity index (χ3n) is 22.9. The lowest BCUT2D eigenvalue weighted by molar-refractivity contribution is 0.383. The summed E-state index contributed by atoms with van der Waals surface area (Å²) >= 11 is 0. The van der Waals surface area contributed by atoms with E-state index in [2.05, 4.69) is 438 Å². The summed E-state index contributed by atoms with van der Waals surface area (Å²) in [5.41, 5.74) is 26.0. The second-order valence-corrected chi connectivity index (χ2v) is 31.5. The number of benzene rings is 10. The van der Waals surface area contributed by atoms with E-state index in [4.69, 9.17) is 8.83 Å². The lowest BCUT2D eigenvalue weighted by Gasteiger charge is -2.34. The molecule has 0 saturated heterocycles. The second-order valence-electron chi connectivity index (χ2n) is 31.5. The van der Waals surface area contributed by atoms with Crippen molar-refractivity contribution in [1.82, 2.24) is 9.80 Å². The van der Waals surface area contributed by atoms with E-state index < -0.39 is 0 Å². The average Bonchev–Trinajstić information content (AvgIpc) is 1.59. The summed E-state index contributed by atoms with van der Waals surface area (Å²) in [5.74, 6) is 1.92. The van der Waals surface area contributed by atoms with E-state index in [0.717, 1.165) is 33.7 Å². The molecule has 0 bridgehead atoms. The van der Waals surface area contributed by atoms with Crippen LogP contribution in [0.3, 0.4) is 0 Å². The van der Waals surface area contributed by atoms with Crippen LogP contribution in [0.15, 0.2) is 283 Å². The fraction of sp³-hybridized carbons (Fsp3) is 0.300. The highest BCUT2D eigenvalue weighted by molar-refractivity contribution is 6.11. The topological polar surface area (TPSA) is 58.7 Å². The molecule has 10 aromatic carbocycles. The van der Waals surface area contributed by atoms with Crippen molar-refractivity contribution in [2.45, 2.75) is 187 Å². The third-order valence-corrected chi connectivity index (χ3v) is 22.9. The molecule has 0 spiro atoms. The number of anilines is 8. The molecule has 0 saturated carbocycles. The third kappa shape index (κ3) is 15.9. The van der Waals surface area contributed by atoms with Gasteiger partial charge in [0.2, 0.25) is 0 Å². The van der Waals surface area contributed by atoms with Crippen LogP contribution < -0.4 is 39.2 Å². The normalized spacial score (nSPS) is 17.6. The minimum absolute atomic E-state index is 0.